The van der Waals surface area contributed by atoms with E-state index in [1.807, 2.05) is 62.4 Å². The summed E-state index contributed by atoms with van der Waals surface area (Å²) in [5, 5.41) is 15.2. The molecule has 0 bridgehead atoms. The van der Waals surface area contributed by atoms with Crippen molar-refractivity contribution in [2.24, 2.45) is 0 Å². The molecule has 1 heterocycles. The number of thioether (sulfide) groups is 1. The number of carbonyl (C=O) groups excluding carboxylic acids is 1. The molecule has 1 amide bonds. The molecule has 0 spiro atoms. The average Bonchev–Trinajstić information content (AvgIpc) is 3.16. The number of tetrazole rings is 1. The highest BCUT2D eigenvalue weighted by molar-refractivity contribution is 8.00. The number of hydrogen-bond donors (Lipinski definition) is 1. The van der Waals surface area contributed by atoms with Crippen LogP contribution < -0.4 is 5.32 Å². The van der Waals surface area contributed by atoms with E-state index in [0.717, 1.165) is 18.5 Å². The van der Waals surface area contributed by atoms with Gasteiger partial charge in [-0.15, -0.1) is 5.10 Å². The van der Waals surface area contributed by atoms with Crippen molar-refractivity contribution in [3.05, 3.63) is 66.2 Å². The number of nitrogens with zero attached hydrogens (tertiary/aromatic N) is 4. The smallest absolute Gasteiger partial charge is 0.233 e. The fourth-order valence-electron chi connectivity index (χ4n) is 2.66. The quantitative estimate of drug-likeness (QED) is 0.606. The van der Waals surface area contributed by atoms with Gasteiger partial charge in [-0.1, -0.05) is 60.3 Å². The van der Waals surface area contributed by atoms with Crippen LogP contribution in [-0.2, 0) is 11.2 Å². The number of benzene rings is 2. The molecule has 27 heavy (non-hydrogen) atoms. The average molecular weight is 382 g/mol. The molecule has 0 saturated carbocycles. The molecule has 0 unspecified atom stereocenters. The van der Waals surface area contributed by atoms with Crippen LogP contribution in [0.2, 0.25) is 0 Å². The minimum absolute atomic E-state index is 0.0110. The number of rotatable bonds is 8. The van der Waals surface area contributed by atoms with Crippen LogP contribution in [0.3, 0.4) is 0 Å². The molecule has 7 heteroatoms. The maximum atomic E-state index is 12.5. The summed E-state index contributed by atoms with van der Waals surface area (Å²) >= 11 is 1.35. The summed E-state index contributed by atoms with van der Waals surface area (Å²) in [5.74, 6) is -0.0110. The number of nitrogens with one attached hydrogen (secondary N) is 1. The van der Waals surface area contributed by atoms with Gasteiger partial charge in [-0.25, -0.2) is 0 Å². The van der Waals surface area contributed by atoms with Crippen molar-refractivity contribution < 1.29 is 4.79 Å². The van der Waals surface area contributed by atoms with Gasteiger partial charge in [-0.2, -0.15) is 4.68 Å². The molecule has 1 N–H and O–H groups in total. The first-order valence-electron chi connectivity index (χ1n) is 8.98. The summed E-state index contributed by atoms with van der Waals surface area (Å²) in [7, 11) is 0. The number of carbonyl (C=O) groups is 1. The molecule has 2 atom stereocenters. The van der Waals surface area contributed by atoms with Gasteiger partial charge in [0.15, 0.2) is 0 Å². The Hall–Kier alpha value is -2.67. The third-order valence-electron chi connectivity index (χ3n) is 4.19. The molecule has 3 aromatic rings. The Bertz CT molecular complexity index is 853. The summed E-state index contributed by atoms with van der Waals surface area (Å²) in [6, 6.07) is 20.0. The van der Waals surface area contributed by atoms with Gasteiger partial charge >= 0.3 is 0 Å². The Morgan fingerprint density at radius 3 is 2.44 bits per heavy atom. The van der Waals surface area contributed by atoms with Gasteiger partial charge in [-0.05, 0) is 54.8 Å². The summed E-state index contributed by atoms with van der Waals surface area (Å²) in [6.45, 7) is 3.90. The number of para-hydroxylation sites is 1. The van der Waals surface area contributed by atoms with Crippen molar-refractivity contribution in [3.63, 3.8) is 0 Å². The Balaban J connectivity index is 1.53. The molecule has 0 fully saturated rings. The van der Waals surface area contributed by atoms with Crippen LogP contribution in [0.15, 0.2) is 65.8 Å². The van der Waals surface area contributed by atoms with E-state index >= 15 is 0 Å². The molecule has 0 saturated heterocycles. The van der Waals surface area contributed by atoms with Crippen molar-refractivity contribution in [1.29, 1.82) is 0 Å². The minimum atomic E-state index is -0.294. The second-order valence-electron chi connectivity index (χ2n) is 6.40. The minimum Gasteiger partial charge on any atom is -0.353 e. The highest BCUT2D eigenvalue weighted by Gasteiger charge is 2.20. The van der Waals surface area contributed by atoms with Crippen molar-refractivity contribution in [1.82, 2.24) is 25.5 Å². The van der Waals surface area contributed by atoms with Gasteiger partial charge < -0.3 is 5.32 Å². The first-order chi connectivity index (χ1) is 13.1. The van der Waals surface area contributed by atoms with Crippen LogP contribution >= 0.6 is 11.8 Å². The second kappa shape index (κ2) is 9.32. The van der Waals surface area contributed by atoms with E-state index in [0.29, 0.717) is 5.16 Å². The number of hydrogen-bond acceptors (Lipinski definition) is 5. The van der Waals surface area contributed by atoms with Crippen LogP contribution in [-0.4, -0.2) is 37.4 Å². The lowest BCUT2D eigenvalue weighted by atomic mass is 10.1. The van der Waals surface area contributed by atoms with E-state index < -0.39 is 0 Å². The van der Waals surface area contributed by atoms with Gasteiger partial charge in [0, 0.05) is 6.04 Å². The zero-order valence-corrected chi connectivity index (χ0v) is 16.3. The summed E-state index contributed by atoms with van der Waals surface area (Å²) < 4.78 is 1.65. The maximum absolute atomic E-state index is 12.5. The molecule has 3 rings (SSSR count). The predicted molar refractivity (Wildman–Crippen MR) is 107 cm³/mol. The molecule has 140 valence electrons. The number of aromatic nitrogens is 4. The lowest BCUT2D eigenvalue weighted by Gasteiger charge is -2.17. The van der Waals surface area contributed by atoms with E-state index in [1.165, 1.54) is 17.3 Å². The maximum Gasteiger partial charge on any atom is 0.233 e. The van der Waals surface area contributed by atoms with E-state index in [-0.39, 0.29) is 17.2 Å². The van der Waals surface area contributed by atoms with Gasteiger partial charge in [0.2, 0.25) is 11.1 Å². The molecule has 0 aliphatic rings. The first kappa shape index (κ1) is 19.1. The van der Waals surface area contributed by atoms with Crippen molar-refractivity contribution in [2.45, 2.75) is 43.1 Å². The molecule has 2 aromatic carbocycles. The highest BCUT2D eigenvalue weighted by atomic mass is 32.2. The summed E-state index contributed by atoms with van der Waals surface area (Å²) in [6.07, 6.45) is 1.84. The van der Waals surface area contributed by atoms with Crippen LogP contribution in [0.1, 0.15) is 25.8 Å². The first-order valence-corrected chi connectivity index (χ1v) is 9.86. The fraction of sp³-hybridized carbons (Fsp3) is 0.300. The Morgan fingerprint density at radius 2 is 1.74 bits per heavy atom. The molecule has 0 aliphatic carbocycles. The Morgan fingerprint density at radius 1 is 1.07 bits per heavy atom. The van der Waals surface area contributed by atoms with E-state index in [9.17, 15) is 4.79 Å². The monoisotopic (exact) mass is 381 g/mol. The van der Waals surface area contributed by atoms with E-state index in [2.05, 4.69) is 33.0 Å². The molecule has 0 aliphatic heterocycles. The molecular formula is C20H23N5OS. The van der Waals surface area contributed by atoms with E-state index in [1.54, 1.807) is 4.68 Å². The highest BCUT2D eigenvalue weighted by Crippen LogP contribution is 2.23. The van der Waals surface area contributed by atoms with E-state index in [4.69, 9.17) is 0 Å². The van der Waals surface area contributed by atoms with Crippen molar-refractivity contribution in [3.8, 4) is 5.69 Å². The van der Waals surface area contributed by atoms with Crippen molar-refractivity contribution >= 4 is 17.7 Å². The van der Waals surface area contributed by atoms with Crippen LogP contribution in [0, 0.1) is 0 Å². The topological polar surface area (TPSA) is 72.7 Å². The van der Waals surface area contributed by atoms with Crippen LogP contribution in [0.25, 0.3) is 5.69 Å². The molecule has 0 radical (unpaired) electrons. The van der Waals surface area contributed by atoms with Crippen LogP contribution in [0.5, 0.6) is 0 Å². The zero-order chi connectivity index (χ0) is 19.1. The lowest BCUT2D eigenvalue weighted by molar-refractivity contribution is -0.120. The Kier molecular flexibility index (Phi) is 6.59. The Labute approximate surface area is 163 Å². The van der Waals surface area contributed by atoms with Gasteiger partial charge in [0.05, 0.1) is 10.9 Å². The van der Waals surface area contributed by atoms with Gasteiger partial charge in [0.1, 0.15) is 0 Å². The molecular weight excluding hydrogens is 358 g/mol. The SMILES string of the molecule is C[C@H](CCc1ccccc1)NC(=O)[C@H](C)Sc1nnnn1-c1ccccc1. The van der Waals surface area contributed by atoms with Gasteiger partial charge in [0.25, 0.3) is 0 Å². The summed E-state index contributed by atoms with van der Waals surface area (Å²) in [5.41, 5.74) is 2.15. The number of amides is 1. The van der Waals surface area contributed by atoms with Crippen LogP contribution in [0.4, 0.5) is 0 Å². The number of aryl methyl sites for hydroxylation is 1. The van der Waals surface area contributed by atoms with Crippen molar-refractivity contribution in [2.75, 3.05) is 0 Å². The van der Waals surface area contributed by atoms with Gasteiger partial charge in [-0.3, -0.25) is 4.79 Å². The second-order valence-corrected chi connectivity index (χ2v) is 7.71. The molecule has 1 aromatic heterocycles. The fourth-order valence-corrected chi connectivity index (χ4v) is 3.47. The molecule has 6 nitrogen and oxygen atoms in total. The summed E-state index contributed by atoms with van der Waals surface area (Å²) in [4.78, 5) is 12.5. The third kappa shape index (κ3) is 5.40. The third-order valence-corrected chi connectivity index (χ3v) is 5.22. The normalized spacial score (nSPS) is 13.1. The predicted octanol–water partition coefficient (Wildman–Crippen LogP) is 3.28. The lowest BCUT2D eigenvalue weighted by Crippen LogP contribution is -2.38. The largest absolute Gasteiger partial charge is 0.353 e. The zero-order valence-electron chi connectivity index (χ0n) is 15.4. The standard InChI is InChI=1S/C20H23N5OS/c1-15(13-14-17-9-5-3-6-10-17)21-19(26)16(2)27-20-22-23-24-25(20)18-11-7-4-8-12-18/h3-12,15-16H,13-14H2,1-2H3,(H,21,26)/t15-,16+/m1/s1.